The van der Waals surface area contributed by atoms with E-state index in [0.717, 1.165) is 37.0 Å². The number of carbonyl (C=O) groups is 1. The van der Waals surface area contributed by atoms with E-state index in [2.05, 4.69) is 0 Å². The molecule has 21 heavy (non-hydrogen) atoms. The van der Waals surface area contributed by atoms with Gasteiger partial charge >= 0.3 is 0 Å². The number of nitrogens with two attached hydrogens (primary N) is 1. The lowest BCUT2D eigenvalue weighted by Gasteiger charge is -2.37. The fraction of sp³-hybridized carbons (Fsp3) is 0.588. The van der Waals surface area contributed by atoms with Crippen LogP contribution in [0.3, 0.4) is 0 Å². The Morgan fingerprint density at radius 1 is 1.24 bits per heavy atom. The van der Waals surface area contributed by atoms with Crippen molar-refractivity contribution in [1.82, 2.24) is 4.90 Å². The van der Waals surface area contributed by atoms with Crippen LogP contribution >= 0.6 is 0 Å². The second-order valence-electron chi connectivity index (χ2n) is 6.05. The van der Waals surface area contributed by atoms with Gasteiger partial charge in [-0.2, -0.15) is 0 Å². The number of benzene rings is 1. The minimum Gasteiger partial charge on any atom is -0.497 e. The van der Waals surface area contributed by atoms with Crippen molar-refractivity contribution in [2.24, 2.45) is 11.1 Å². The molecule has 0 radical (unpaired) electrons. The van der Waals surface area contributed by atoms with Gasteiger partial charge in [-0.1, -0.05) is 31.4 Å². The summed E-state index contributed by atoms with van der Waals surface area (Å²) in [7, 11) is 3.53. The monoisotopic (exact) mass is 290 g/mol. The van der Waals surface area contributed by atoms with Crippen molar-refractivity contribution in [3.63, 3.8) is 0 Å². The molecule has 1 saturated carbocycles. The van der Waals surface area contributed by atoms with Gasteiger partial charge in [0.2, 0.25) is 5.91 Å². The Balaban J connectivity index is 2.03. The van der Waals surface area contributed by atoms with Gasteiger partial charge in [0.15, 0.2) is 0 Å². The van der Waals surface area contributed by atoms with Crippen molar-refractivity contribution in [3.05, 3.63) is 29.8 Å². The molecule has 2 rings (SSSR count). The maximum absolute atomic E-state index is 12.8. The summed E-state index contributed by atoms with van der Waals surface area (Å²) in [5.41, 5.74) is 6.72. The lowest BCUT2D eigenvalue weighted by atomic mass is 9.73. The quantitative estimate of drug-likeness (QED) is 0.906. The molecular weight excluding hydrogens is 264 g/mol. The zero-order chi connectivity index (χ0) is 15.3. The largest absolute Gasteiger partial charge is 0.497 e. The van der Waals surface area contributed by atoms with Crippen LogP contribution in [0.5, 0.6) is 5.75 Å². The molecule has 1 aromatic rings. The van der Waals surface area contributed by atoms with E-state index in [-0.39, 0.29) is 11.3 Å². The van der Waals surface area contributed by atoms with Crippen LogP contribution in [0, 0.1) is 5.41 Å². The van der Waals surface area contributed by atoms with E-state index in [4.69, 9.17) is 10.5 Å². The minimum atomic E-state index is -0.334. The van der Waals surface area contributed by atoms with E-state index in [1.807, 2.05) is 36.2 Å². The first-order chi connectivity index (χ1) is 10.1. The molecule has 1 fully saturated rings. The number of nitrogens with zero attached hydrogens (tertiary/aromatic N) is 1. The number of carbonyl (C=O) groups excluding carboxylic acids is 1. The van der Waals surface area contributed by atoms with Gasteiger partial charge in [-0.15, -0.1) is 0 Å². The Labute approximate surface area is 127 Å². The van der Waals surface area contributed by atoms with Crippen LogP contribution in [0.15, 0.2) is 24.3 Å². The van der Waals surface area contributed by atoms with E-state index >= 15 is 0 Å². The third kappa shape index (κ3) is 3.56. The lowest BCUT2D eigenvalue weighted by molar-refractivity contribution is -0.142. The first-order valence-electron chi connectivity index (χ1n) is 7.70. The van der Waals surface area contributed by atoms with Gasteiger partial charge in [-0.3, -0.25) is 4.79 Å². The first-order valence-corrected chi connectivity index (χ1v) is 7.70. The van der Waals surface area contributed by atoms with Crippen LogP contribution in [0.1, 0.15) is 37.7 Å². The summed E-state index contributed by atoms with van der Waals surface area (Å²) < 4.78 is 5.15. The summed E-state index contributed by atoms with van der Waals surface area (Å²) in [5, 5.41) is 0. The molecule has 1 aromatic carbocycles. The molecule has 0 aromatic heterocycles. The Morgan fingerprint density at radius 2 is 1.86 bits per heavy atom. The predicted molar refractivity (Wildman–Crippen MR) is 84.0 cm³/mol. The number of hydrogen-bond acceptors (Lipinski definition) is 3. The van der Waals surface area contributed by atoms with E-state index in [0.29, 0.717) is 13.1 Å². The average molecular weight is 290 g/mol. The molecule has 1 amide bonds. The Bertz CT molecular complexity index is 464. The Kier molecular flexibility index (Phi) is 5.23. The van der Waals surface area contributed by atoms with Crippen molar-refractivity contribution in [2.75, 3.05) is 20.7 Å². The molecule has 0 spiro atoms. The van der Waals surface area contributed by atoms with Crippen molar-refractivity contribution < 1.29 is 9.53 Å². The van der Waals surface area contributed by atoms with Gasteiger partial charge in [0, 0.05) is 20.1 Å². The molecule has 1 aliphatic carbocycles. The third-order valence-corrected chi connectivity index (χ3v) is 4.58. The summed E-state index contributed by atoms with van der Waals surface area (Å²) in [5.74, 6) is 1.03. The molecule has 4 heteroatoms. The van der Waals surface area contributed by atoms with Gasteiger partial charge in [0.25, 0.3) is 0 Å². The molecule has 4 nitrogen and oxygen atoms in total. The van der Waals surface area contributed by atoms with E-state index in [1.165, 1.54) is 6.42 Å². The second-order valence-corrected chi connectivity index (χ2v) is 6.05. The number of methoxy groups -OCH3 is 1. The number of amides is 1. The van der Waals surface area contributed by atoms with Gasteiger partial charge in [0.1, 0.15) is 5.75 Å². The van der Waals surface area contributed by atoms with Gasteiger partial charge in [-0.25, -0.2) is 0 Å². The summed E-state index contributed by atoms with van der Waals surface area (Å²) in [4.78, 5) is 14.6. The van der Waals surface area contributed by atoms with Crippen LogP contribution in [0.2, 0.25) is 0 Å². The highest BCUT2D eigenvalue weighted by Gasteiger charge is 2.39. The molecule has 0 aliphatic heterocycles. The molecule has 1 aliphatic rings. The highest BCUT2D eigenvalue weighted by Crippen LogP contribution is 2.37. The Hall–Kier alpha value is -1.55. The number of ether oxygens (including phenoxy) is 1. The average Bonchev–Trinajstić information content (AvgIpc) is 2.55. The second kappa shape index (κ2) is 6.94. The molecule has 0 atom stereocenters. The summed E-state index contributed by atoms with van der Waals surface area (Å²) in [6.45, 7) is 1.07. The van der Waals surface area contributed by atoms with Gasteiger partial charge in [0.05, 0.1) is 12.5 Å². The van der Waals surface area contributed by atoms with Crippen molar-refractivity contribution in [3.8, 4) is 5.75 Å². The summed E-state index contributed by atoms with van der Waals surface area (Å²) >= 11 is 0. The molecule has 0 unspecified atom stereocenters. The number of hydrogen-bond donors (Lipinski definition) is 1. The predicted octanol–water partition coefficient (Wildman–Crippen LogP) is 2.56. The molecule has 0 saturated heterocycles. The van der Waals surface area contributed by atoms with E-state index < -0.39 is 0 Å². The van der Waals surface area contributed by atoms with Crippen LogP contribution in [0.25, 0.3) is 0 Å². The minimum absolute atomic E-state index is 0.195. The van der Waals surface area contributed by atoms with Gasteiger partial charge < -0.3 is 15.4 Å². The smallest absolute Gasteiger partial charge is 0.230 e. The summed E-state index contributed by atoms with van der Waals surface area (Å²) in [6, 6.07) is 7.84. The highest BCUT2D eigenvalue weighted by atomic mass is 16.5. The third-order valence-electron chi connectivity index (χ3n) is 4.58. The molecule has 116 valence electrons. The first kappa shape index (κ1) is 15.8. The zero-order valence-corrected chi connectivity index (χ0v) is 13.1. The van der Waals surface area contributed by atoms with E-state index in [1.54, 1.807) is 7.11 Å². The standard InChI is InChI=1S/C17H26N2O2/c1-19(12-14-6-8-15(21-2)9-7-14)16(20)17(13-18)10-4-3-5-11-17/h6-9H,3-5,10-13,18H2,1-2H3. The maximum atomic E-state index is 12.8. The van der Waals surface area contributed by atoms with Crippen LogP contribution in [0.4, 0.5) is 0 Å². The van der Waals surface area contributed by atoms with Crippen LogP contribution in [-0.2, 0) is 11.3 Å². The molecular formula is C17H26N2O2. The lowest BCUT2D eigenvalue weighted by Crippen LogP contribution is -2.47. The fourth-order valence-corrected chi connectivity index (χ4v) is 3.22. The molecule has 0 bridgehead atoms. The van der Waals surface area contributed by atoms with Crippen molar-refractivity contribution in [2.45, 2.75) is 38.6 Å². The Morgan fingerprint density at radius 3 is 2.38 bits per heavy atom. The van der Waals surface area contributed by atoms with Crippen LogP contribution < -0.4 is 10.5 Å². The SMILES string of the molecule is COc1ccc(CN(C)C(=O)C2(CN)CCCCC2)cc1. The van der Waals surface area contributed by atoms with Gasteiger partial charge in [-0.05, 0) is 30.5 Å². The maximum Gasteiger partial charge on any atom is 0.230 e. The summed E-state index contributed by atoms with van der Waals surface area (Å²) in [6.07, 6.45) is 5.29. The number of rotatable bonds is 5. The highest BCUT2D eigenvalue weighted by molar-refractivity contribution is 5.83. The van der Waals surface area contributed by atoms with Crippen LogP contribution in [-0.4, -0.2) is 31.5 Å². The van der Waals surface area contributed by atoms with Crippen molar-refractivity contribution >= 4 is 5.91 Å². The molecule has 0 heterocycles. The normalized spacial score (nSPS) is 17.3. The molecule has 2 N–H and O–H groups in total. The fourth-order valence-electron chi connectivity index (χ4n) is 3.22. The van der Waals surface area contributed by atoms with E-state index in [9.17, 15) is 4.79 Å². The van der Waals surface area contributed by atoms with Crippen molar-refractivity contribution in [1.29, 1.82) is 0 Å². The topological polar surface area (TPSA) is 55.6 Å². The zero-order valence-electron chi connectivity index (χ0n) is 13.1.